The molecule has 0 aliphatic carbocycles. The van der Waals surface area contributed by atoms with E-state index in [1.807, 2.05) is 0 Å². The zero-order chi connectivity index (χ0) is 13.1. The minimum atomic E-state index is -0.256. The van der Waals surface area contributed by atoms with Crippen LogP contribution in [0.25, 0.3) is 0 Å². The van der Waals surface area contributed by atoms with Gasteiger partial charge in [-0.25, -0.2) is 4.98 Å². The maximum absolute atomic E-state index is 12.0. The molecule has 0 saturated heterocycles. The number of nitrogens with one attached hydrogen (secondary N) is 1. The van der Waals surface area contributed by atoms with Crippen molar-refractivity contribution in [2.45, 2.75) is 0 Å². The van der Waals surface area contributed by atoms with Crippen molar-refractivity contribution in [3.63, 3.8) is 0 Å². The van der Waals surface area contributed by atoms with Gasteiger partial charge in [-0.2, -0.15) is 0 Å². The van der Waals surface area contributed by atoms with Gasteiger partial charge in [-0.1, -0.05) is 17.7 Å². The summed E-state index contributed by atoms with van der Waals surface area (Å²) in [6.07, 6.45) is 1.61. The van der Waals surface area contributed by atoms with Crippen molar-refractivity contribution in [1.82, 2.24) is 4.98 Å². The molecule has 1 N–H and O–H groups in total. The molecule has 0 bridgehead atoms. The fraction of sp³-hybridized carbons (Fsp3) is 0. The molecule has 0 aliphatic heterocycles. The van der Waals surface area contributed by atoms with Crippen LogP contribution in [0.2, 0.25) is 5.02 Å². The number of carbonyl (C=O) groups is 1. The van der Waals surface area contributed by atoms with Gasteiger partial charge in [0.05, 0.1) is 4.47 Å². The molecule has 0 aliphatic rings. The second-order valence-electron chi connectivity index (χ2n) is 3.45. The average Bonchev–Trinajstić information content (AvgIpc) is 2.32. The van der Waals surface area contributed by atoms with E-state index in [1.165, 1.54) is 0 Å². The number of halogens is 3. The number of benzene rings is 1. The molecule has 1 heterocycles. The molecule has 1 aromatic heterocycles. The van der Waals surface area contributed by atoms with E-state index in [0.29, 0.717) is 20.9 Å². The lowest BCUT2D eigenvalue weighted by molar-refractivity contribution is 0.102. The first kappa shape index (κ1) is 13.5. The molecule has 2 aromatic rings. The molecule has 18 heavy (non-hydrogen) atoms. The molecule has 0 atom stereocenters. The summed E-state index contributed by atoms with van der Waals surface area (Å²) in [6.45, 7) is 0. The van der Waals surface area contributed by atoms with Crippen LogP contribution in [0.3, 0.4) is 0 Å². The smallest absolute Gasteiger partial charge is 0.256 e. The Bertz CT molecular complexity index is 604. The lowest BCUT2D eigenvalue weighted by atomic mass is 10.2. The third-order valence-corrected chi connectivity index (χ3v) is 3.40. The van der Waals surface area contributed by atoms with E-state index < -0.39 is 0 Å². The van der Waals surface area contributed by atoms with Crippen LogP contribution < -0.4 is 5.32 Å². The van der Waals surface area contributed by atoms with Crippen LogP contribution >= 0.6 is 43.5 Å². The largest absolute Gasteiger partial charge is 0.306 e. The van der Waals surface area contributed by atoms with E-state index in [2.05, 4.69) is 42.2 Å². The average molecular weight is 390 g/mol. The number of amides is 1. The zero-order valence-corrected chi connectivity index (χ0v) is 12.9. The molecule has 0 spiro atoms. The number of hydrogen-bond acceptors (Lipinski definition) is 2. The van der Waals surface area contributed by atoms with Gasteiger partial charge in [-0.3, -0.25) is 4.79 Å². The molecule has 1 aromatic carbocycles. The third kappa shape index (κ3) is 3.31. The van der Waals surface area contributed by atoms with E-state index in [0.717, 1.165) is 4.47 Å². The molecule has 6 heteroatoms. The van der Waals surface area contributed by atoms with Crippen molar-refractivity contribution in [3.05, 3.63) is 56.1 Å². The summed E-state index contributed by atoms with van der Waals surface area (Å²) in [5, 5.41) is 3.22. The number of aromatic nitrogens is 1. The third-order valence-electron chi connectivity index (χ3n) is 2.13. The van der Waals surface area contributed by atoms with Crippen LogP contribution in [-0.4, -0.2) is 10.9 Å². The highest BCUT2D eigenvalue weighted by molar-refractivity contribution is 9.11. The molecular weight excluding hydrogens is 383 g/mol. The number of anilines is 1. The van der Waals surface area contributed by atoms with Crippen LogP contribution in [0.4, 0.5) is 5.82 Å². The Kier molecular flexibility index (Phi) is 4.37. The van der Waals surface area contributed by atoms with Crippen molar-refractivity contribution in [2.75, 3.05) is 5.32 Å². The topological polar surface area (TPSA) is 42.0 Å². The SMILES string of the molecule is O=C(Nc1ncc(Br)cc1Br)c1cccc(Cl)c1. The molecular formula is C12H7Br2ClN2O. The van der Waals surface area contributed by atoms with Crippen LogP contribution in [-0.2, 0) is 0 Å². The van der Waals surface area contributed by atoms with Gasteiger partial charge < -0.3 is 5.32 Å². The van der Waals surface area contributed by atoms with Crippen molar-refractivity contribution < 1.29 is 4.79 Å². The summed E-state index contributed by atoms with van der Waals surface area (Å²) in [5.41, 5.74) is 0.485. The van der Waals surface area contributed by atoms with Gasteiger partial charge in [0.2, 0.25) is 0 Å². The van der Waals surface area contributed by atoms with E-state index in [-0.39, 0.29) is 5.91 Å². The van der Waals surface area contributed by atoms with Gasteiger partial charge in [0, 0.05) is 21.3 Å². The zero-order valence-electron chi connectivity index (χ0n) is 8.95. The van der Waals surface area contributed by atoms with Gasteiger partial charge in [-0.15, -0.1) is 0 Å². The highest BCUT2D eigenvalue weighted by Gasteiger charge is 2.09. The summed E-state index contributed by atoms with van der Waals surface area (Å²) >= 11 is 12.5. The minimum absolute atomic E-state index is 0.256. The monoisotopic (exact) mass is 388 g/mol. The molecule has 92 valence electrons. The van der Waals surface area contributed by atoms with Gasteiger partial charge in [0.15, 0.2) is 0 Å². The van der Waals surface area contributed by atoms with Crippen molar-refractivity contribution in [3.8, 4) is 0 Å². The summed E-state index contributed by atoms with van der Waals surface area (Å²) < 4.78 is 1.53. The van der Waals surface area contributed by atoms with Gasteiger partial charge in [0.1, 0.15) is 5.82 Å². The van der Waals surface area contributed by atoms with Crippen LogP contribution in [0, 0.1) is 0 Å². The predicted molar refractivity (Wildman–Crippen MR) is 79.0 cm³/mol. The molecule has 0 unspecified atom stereocenters. The number of nitrogens with zero attached hydrogens (tertiary/aromatic N) is 1. The second kappa shape index (κ2) is 5.82. The molecule has 0 radical (unpaired) electrons. The lowest BCUT2D eigenvalue weighted by Crippen LogP contribution is -2.13. The molecule has 1 amide bonds. The second-order valence-corrected chi connectivity index (χ2v) is 5.65. The van der Waals surface area contributed by atoms with Gasteiger partial charge >= 0.3 is 0 Å². The molecule has 3 nitrogen and oxygen atoms in total. The van der Waals surface area contributed by atoms with E-state index in [1.54, 1.807) is 36.5 Å². The van der Waals surface area contributed by atoms with Gasteiger partial charge in [-0.05, 0) is 56.1 Å². The Balaban J connectivity index is 2.21. The maximum atomic E-state index is 12.0. The Morgan fingerprint density at radius 3 is 2.72 bits per heavy atom. The minimum Gasteiger partial charge on any atom is -0.306 e. The lowest BCUT2D eigenvalue weighted by Gasteiger charge is -2.06. The normalized spacial score (nSPS) is 10.2. The van der Waals surface area contributed by atoms with Crippen molar-refractivity contribution >= 4 is 55.2 Å². The Labute approximate surface area is 126 Å². The summed E-state index contributed by atoms with van der Waals surface area (Å²) in [6, 6.07) is 8.53. The highest BCUT2D eigenvalue weighted by atomic mass is 79.9. The molecule has 2 rings (SSSR count). The first-order valence-electron chi connectivity index (χ1n) is 4.94. The Morgan fingerprint density at radius 1 is 1.28 bits per heavy atom. The first-order valence-corrected chi connectivity index (χ1v) is 6.90. The van der Waals surface area contributed by atoms with Gasteiger partial charge in [0.25, 0.3) is 5.91 Å². The Morgan fingerprint density at radius 2 is 2.06 bits per heavy atom. The van der Waals surface area contributed by atoms with E-state index >= 15 is 0 Å². The number of rotatable bonds is 2. The fourth-order valence-corrected chi connectivity index (χ4v) is 2.59. The number of carbonyl (C=O) groups excluding carboxylic acids is 1. The standard InChI is InChI=1S/C12H7Br2ClN2O/c13-8-5-10(14)11(16-6-8)17-12(18)7-2-1-3-9(15)4-7/h1-6H,(H,16,17,18). The van der Waals surface area contributed by atoms with Crippen LogP contribution in [0.15, 0.2) is 45.5 Å². The maximum Gasteiger partial charge on any atom is 0.256 e. The van der Waals surface area contributed by atoms with Crippen LogP contribution in [0.1, 0.15) is 10.4 Å². The quantitative estimate of drug-likeness (QED) is 0.820. The van der Waals surface area contributed by atoms with E-state index in [4.69, 9.17) is 11.6 Å². The summed E-state index contributed by atoms with van der Waals surface area (Å²) in [7, 11) is 0. The first-order chi connectivity index (χ1) is 8.56. The van der Waals surface area contributed by atoms with Crippen molar-refractivity contribution in [1.29, 1.82) is 0 Å². The van der Waals surface area contributed by atoms with Crippen molar-refractivity contribution in [2.24, 2.45) is 0 Å². The number of pyridine rings is 1. The van der Waals surface area contributed by atoms with E-state index in [9.17, 15) is 4.79 Å². The van der Waals surface area contributed by atoms with Crippen LogP contribution in [0.5, 0.6) is 0 Å². The predicted octanol–water partition coefficient (Wildman–Crippen LogP) is 4.51. The molecule has 0 fully saturated rings. The highest BCUT2D eigenvalue weighted by Crippen LogP contribution is 2.24. The summed E-state index contributed by atoms with van der Waals surface area (Å²) in [5.74, 6) is 0.205. The summed E-state index contributed by atoms with van der Waals surface area (Å²) in [4.78, 5) is 16.1. The Hall–Kier alpha value is -0.910. The fourth-order valence-electron chi connectivity index (χ4n) is 1.32. The molecule has 0 saturated carbocycles. The number of hydrogen-bond donors (Lipinski definition) is 1.